The Labute approximate surface area is 299 Å². The van der Waals surface area contributed by atoms with Gasteiger partial charge in [-0.1, -0.05) is 24.3 Å². The number of nitrogens with zero attached hydrogens (tertiary/aromatic N) is 2. The van der Waals surface area contributed by atoms with E-state index in [9.17, 15) is 19.8 Å². The highest BCUT2D eigenvalue weighted by Gasteiger charge is 2.23. The van der Waals surface area contributed by atoms with Crippen molar-refractivity contribution >= 4 is 54.8 Å². The van der Waals surface area contributed by atoms with Crippen LogP contribution in [-0.4, -0.2) is 120 Å². The Kier molecular flexibility index (Phi) is 17.2. The van der Waals surface area contributed by atoms with Gasteiger partial charge in [0, 0.05) is 74.0 Å². The third-order valence-corrected chi connectivity index (χ3v) is 9.84. The first kappa shape index (κ1) is 39.5. The standard InChI is InChI=1S/2C16H21NO2S.C4H4O6/c2*18-15-11-17(12-15)6-1-7-19-8-4-13-2-3-16-14(10-13)5-9-20-16;5-3(9-7)1-2-4(6)10-8/h2*2-3,5,9-10,15,18H,1,4,6-8,11-12H2;1-2,7-8H/b;;2-1+. The fourth-order valence-corrected chi connectivity index (χ4v) is 6.90. The lowest BCUT2D eigenvalue weighted by Gasteiger charge is -2.35. The molecule has 4 heterocycles. The lowest BCUT2D eigenvalue weighted by atomic mass is 10.1. The Balaban J connectivity index is 0.000000179. The number of benzene rings is 2. The van der Waals surface area contributed by atoms with E-state index in [0.29, 0.717) is 12.2 Å². The molecule has 0 spiro atoms. The molecule has 0 atom stereocenters. The smallest absolute Gasteiger partial charge is 0.365 e. The first-order valence-electron chi connectivity index (χ1n) is 16.6. The van der Waals surface area contributed by atoms with Gasteiger partial charge in [-0.15, -0.1) is 22.7 Å². The van der Waals surface area contributed by atoms with E-state index >= 15 is 0 Å². The number of aliphatic hydroxyl groups excluding tert-OH is 2. The molecule has 2 aromatic heterocycles. The zero-order valence-electron chi connectivity index (χ0n) is 27.9. The van der Waals surface area contributed by atoms with Crippen molar-refractivity contribution in [3.05, 3.63) is 82.6 Å². The Hall–Kier alpha value is -3.28. The van der Waals surface area contributed by atoms with Gasteiger partial charge < -0.3 is 19.7 Å². The van der Waals surface area contributed by atoms with Crippen molar-refractivity contribution in [1.29, 1.82) is 0 Å². The second-order valence-electron chi connectivity index (χ2n) is 12.0. The molecular weight excluding hydrogens is 685 g/mol. The lowest BCUT2D eigenvalue weighted by Crippen LogP contribution is -2.50. The van der Waals surface area contributed by atoms with E-state index < -0.39 is 11.9 Å². The van der Waals surface area contributed by atoms with E-state index in [-0.39, 0.29) is 12.2 Å². The molecule has 12 nitrogen and oxygen atoms in total. The van der Waals surface area contributed by atoms with Crippen molar-refractivity contribution in [2.45, 2.75) is 37.9 Å². The van der Waals surface area contributed by atoms with E-state index in [1.54, 1.807) is 22.7 Å². The maximum atomic E-state index is 9.98. The minimum absolute atomic E-state index is 0.0945. The van der Waals surface area contributed by atoms with Crippen LogP contribution < -0.4 is 0 Å². The summed E-state index contributed by atoms with van der Waals surface area (Å²) >= 11 is 3.58. The quantitative estimate of drug-likeness (QED) is 0.0549. The van der Waals surface area contributed by atoms with Crippen LogP contribution in [0.25, 0.3) is 20.2 Å². The van der Waals surface area contributed by atoms with E-state index in [4.69, 9.17) is 20.0 Å². The third kappa shape index (κ3) is 14.2. The van der Waals surface area contributed by atoms with Crippen LogP contribution in [0.2, 0.25) is 0 Å². The van der Waals surface area contributed by atoms with Crippen LogP contribution in [0.15, 0.2) is 71.4 Å². The van der Waals surface area contributed by atoms with Crippen molar-refractivity contribution in [3.8, 4) is 0 Å². The molecule has 2 aliphatic rings. The molecule has 272 valence electrons. The maximum absolute atomic E-state index is 9.98. The highest BCUT2D eigenvalue weighted by molar-refractivity contribution is 7.17. The first-order valence-corrected chi connectivity index (χ1v) is 18.4. The zero-order valence-corrected chi connectivity index (χ0v) is 29.6. The minimum atomic E-state index is -1.13. The summed E-state index contributed by atoms with van der Waals surface area (Å²) in [4.78, 5) is 30.8. The minimum Gasteiger partial charge on any atom is -0.390 e. The molecule has 50 heavy (non-hydrogen) atoms. The predicted octanol–water partition coefficient (Wildman–Crippen LogP) is 4.63. The third-order valence-electron chi connectivity index (χ3n) is 8.04. The van der Waals surface area contributed by atoms with E-state index in [1.807, 2.05) is 0 Å². The van der Waals surface area contributed by atoms with Crippen molar-refractivity contribution in [2.75, 3.05) is 65.7 Å². The molecule has 0 radical (unpaired) electrons. The second kappa shape index (κ2) is 21.8. The molecule has 14 heteroatoms. The van der Waals surface area contributed by atoms with E-state index in [0.717, 1.165) is 91.4 Å². The van der Waals surface area contributed by atoms with Gasteiger partial charge in [0.2, 0.25) is 0 Å². The van der Waals surface area contributed by atoms with Gasteiger partial charge in [0.25, 0.3) is 0 Å². The molecular formula is C36H46N2O10S2. The highest BCUT2D eigenvalue weighted by Crippen LogP contribution is 2.23. The Morgan fingerprint density at radius 1 is 0.660 bits per heavy atom. The number of thiophene rings is 2. The predicted molar refractivity (Wildman–Crippen MR) is 193 cm³/mol. The van der Waals surface area contributed by atoms with Crippen LogP contribution in [0.4, 0.5) is 0 Å². The van der Waals surface area contributed by atoms with Gasteiger partial charge in [-0.25, -0.2) is 9.59 Å². The Morgan fingerprint density at radius 3 is 1.46 bits per heavy atom. The lowest BCUT2D eigenvalue weighted by molar-refractivity contribution is -0.230. The molecule has 2 aromatic carbocycles. The largest absolute Gasteiger partial charge is 0.390 e. The summed E-state index contributed by atoms with van der Waals surface area (Å²) in [5, 5.41) is 40.5. The molecule has 4 aromatic rings. The van der Waals surface area contributed by atoms with Gasteiger partial charge in [0.05, 0.1) is 25.4 Å². The average molecular weight is 731 g/mol. The number of carbonyl (C=O) groups excluding carboxylic acids is 2. The summed E-state index contributed by atoms with van der Waals surface area (Å²) in [5.41, 5.74) is 2.70. The topological polar surface area (TPSA) is 158 Å². The van der Waals surface area contributed by atoms with Gasteiger partial charge in [-0.3, -0.25) is 19.6 Å². The SMILES string of the molecule is O=C(/C=C/C(=O)OO)OO.OC1CN(CCCOCCc2ccc3sccc3c2)C1.OC1CN(CCCOCCc2ccc3sccc3c2)C1. The van der Waals surface area contributed by atoms with Crippen LogP contribution in [0.3, 0.4) is 0 Å². The van der Waals surface area contributed by atoms with Gasteiger partial charge in [0.1, 0.15) is 0 Å². The molecule has 4 N–H and O–H groups in total. The van der Waals surface area contributed by atoms with E-state index in [2.05, 4.69) is 78.9 Å². The summed E-state index contributed by atoms with van der Waals surface area (Å²) in [6, 6.07) is 17.7. The monoisotopic (exact) mass is 730 g/mol. The van der Waals surface area contributed by atoms with Crippen molar-refractivity contribution < 1.29 is 49.6 Å². The molecule has 0 bridgehead atoms. The highest BCUT2D eigenvalue weighted by atomic mass is 32.1. The molecule has 2 fully saturated rings. The molecule has 0 amide bonds. The van der Waals surface area contributed by atoms with Crippen LogP contribution in [0, 0.1) is 0 Å². The Morgan fingerprint density at radius 2 is 1.08 bits per heavy atom. The van der Waals surface area contributed by atoms with E-state index in [1.165, 1.54) is 31.3 Å². The van der Waals surface area contributed by atoms with Gasteiger partial charge in [-0.05, 0) is 82.6 Å². The number of aliphatic hydroxyl groups is 2. The number of hydrogen-bond donors (Lipinski definition) is 4. The number of hydrogen-bond acceptors (Lipinski definition) is 14. The van der Waals surface area contributed by atoms with Crippen molar-refractivity contribution in [3.63, 3.8) is 0 Å². The summed E-state index contributed by atoms with van der Waals surface area (Å²) < 4.78 is 14.1. The number of β-amino-alcohol motifs (C(OH)–C–C–N with tert-alkyl or cyclic N) is 2. The molecule has 0 aliphatic carbocycles. The molecule has 0 unspecified atom stereocenters. The number of rotatable bonds is 16. The number of likely N-dealkylation sites (tertiary alicyclic amines) is 2. The fourth-order valence-electron chi connectivity index (χ4n) is 5.36. The number of ether oxygens (including phenoxy) is 2. The number of carbonyl (C=O) groups is 2. The molecule has 6 rings (SSSR count). The molecule has 2 saturated heterocycles. The summed E-state index contributed by atoms with van der Waals surface area (Å²) in [6.07, 6.45) is 5.04. The summed E-state index contributed by atoms with van der Waals surface area (Å²) in [6.45, 7) is 8.62. The fraction of sp³-hybridized carbons (Fsp3) is 0.444. The Bertz CT molecular complexity index is 1500. The normalized spacial score (nSPS) is 15.2. The van der Waals surface area contributed by atoms with Crippen molar-refractivity contribution in [1.82, 2.24) is 9.80 Å². The van der Waals surface area contributed by atoms with Gasteiger partial charge in [-0.2, -0.15) is 10.5 Å². The first-order chi connectivity index (χ1) is 24.3. The van der Waals surface area contributed by atoms with Crippen LogP contribution >= 0.6 is 22.7 Å². The average Bonchev–Trinajstić information content (AvgIpc) is 3.78. The molecule has 0 saturated carbocycles. The van der Waals surface area contributed by atoms with Gasteiger partial charge in [0.15, 0.2) is 0 Å². The number of fused-ring (bicyclic) bond motifs is 2. The van der Waals surface area contributed by atoms with Crippen molar-refractivity contribution in [2.24, 2.45) is 0 Å². The maximum Gasteiger partial charge on any atom is 0.365 e. The van der Waals surface area contributed by atoms with Crippen LogP contribution in [0.1, 0.15) is 24.0 Å². The molecule has 2 aliphatic heterocycles. The summed E-state index contributed by atoms with van der Waals surface area (Å²) in [5.74, 6) is -2.27. The second-order valence-corrected chi connectivity index (χ2v) is 13.9. The summed E-state index contributed by atoms with van der Waals surface area (Å²) in [7, 11) is 0. The van der Waals surface area contributed by atoms with Gasteiger partial charge >= 0.3 is 11.9 Å². The van der Waals surface area contributed by atoms with Crippen LogP contribution in [0.5, 0.6) is 0 Å². The van der Waals surface area contributed by atoms with Crippen LogP contribution in [-0.2, 0) is 41.7 Å². The zero-order chi connectivity index (χ0) is 35.6.